The van der Waals surface area contributed by atoms with E-state index in [9.17, 15) is 0 Å². The van der Waals surface area contributed by atoms with Crippen molar-refractivity contribution in [1.82, 2.24) is 15.8 Å². The van der Waals surface area contributed by atoms with Crippen LogP contribution in [0.4, 0.5) is 0 Å². The van der Waals surface area contributed by atoms with Crippen LogP contribution < -0.4 is 15.6 Å². The fraction of sp³-hybridized carbons (Fsp3) is 0.250. The molecule has 1 aromatic heterocycles. The smallest absolute Gasteiger partial charge is 0.120 e. The van der Waals surface area contributed by atoms with Crippen molar-refractivity contribution in [1.29, 1.82) is 5.26 Å². The highest BCUT2D eigenvalue weighted by atomic mass is 16.5. The minimum atomic E-state index is 0.154. The molecule has 0 aliphatic carbocycles. The fourth-order valence-electron chi connectivity index (χ4n) is 3.90. The van der Waals surface area contributed by atoms with E-state index >= 15 is 0 Å². The highest BCUT2D eigenvalue weighted by Gasteiger charge is 2.30. The second kappa shape index (κ2) is 8.44. The van der Waals surface area contributed by atoms with Crippen LogP contribution in [0.5, 0.6) is 5.75 Å². The molecule has 2 atom stereocenters. The molecule has 2 heterocycles. The van der Waals surface area contributed by atoms with Gasteiger partial charge < -0.3 is 4.74 Å². The molecule has 2 N–H and O–H groups in total. The van der Waals surface area contributed by atoms with E-state index in [0.717, 1.165) is 29.2 Å². The summed E-state index contributed by atoms with van der Waals surface area (Å²) < 4.78 is 6.00. The Morgan fingerprint density at radius 3 is 2.62 bits per heavy atom. The first-order chi connectivity index (χ1) is 14.1. The first-order valence-electron chi connectivity index (χ1n) is 9.78. The van der Waals surface area contributed by atoms with Gasteiger partial charge in [-0.2, -0.15) is 5.26 Å². The lowest BCUT2D eigenvalue weighted by atomic mass is 9.88. The van der Waals surface area contributed by atoms with Gasteiger partial charge in [-0.1, -0.05) is 24.3 Å². The molecule has 146 valence electrons. The van der Waals surface area contributed by atoms with E-state index in [1.807, 2.05) is 44.2 Å². The highest BCUT2D eigenvalue weighted by Crippen LogP contribution is 2.35. The molecule has 1 saturated heterocycles. The number of ether oxygens (including phenoxy) is 1. The van der Waals surface area contributed by atoms with Crippen molar-refractivity contribution in [2.45, 2.75) is 32.4 Å². The standard InChI is InChI=1S/C24H24N4O/c1-16-9-21(10-17(2)27-16)23-14-26-28-24(23)20-7-4-8-22(12-20)29-15-19-6-3-5-18(11-19)13-25/h3-12,23-24,26,28H,14-15H2,1-2H3. The van der Waals surface area contributed by atoms with Crippen LogP contribution in [-0.4, -0.2) is 11.5 Å². The largest absolute Gasteiger partial charge is 0.489 e. The highest BCUT2D eigenvalue weighted by molar-refractivity contribution is 5.36. The maximum atomic E-state index is 9.05. The molecule has 1 aliphatic rings. The van der Waals surface area contributed by atoms with E-state index in [-0.39, 0.29) is 6.04 Å². The monoisotopic (exact) mass is 384 g/mol. The summed E-state index contributed by atoms with van der Waals surface area (Å²) in [5.41, 5.74) is 12.9. The first kappa shape index (κ1) is 19.1. The van der Waals surface area contributed by atoms with Crippen molar-refractivity contribution in [2.24, 2.45) is 0 Å². The number of hydrogen-bond acceptors (Lipinski definition) is 5. The first-order valence-corrected chi connectivity index (χ1v) is 9.78. The molecule has 0 radical (unpaired) electrons. The number of hydrazine groups is 1. The number of hydrogen-bond donors (Lipinski definition) is 2. The van der Waals surface area contributed by atoms with Crippen LogP contribution in [0.3, 0.4) is 0 Å². The molecule has 4 rings (SSSR count). The number of nitrogens with one attached hydrogen (secondary N) is 2. The van der Waals surface area contributed by atoms with Gasteiger partial charge in [0.25, 0.3) is 0 Å². The Bertz CT molecular complexity index is 1040. The molecule has 29 heavy (non-hydrogen) atoms. The Hall–Kier alpha value is -3.20. The van der Waals surface area contributed by atoms with Crippen molar-refractivity contribution in [3.8, 4) is 11.8 Å². The van der Waals surface area contributed by atoms with Gasteiger partial charge >= 0.3 is 0 Å². The number of benzene rings is 2. The van der Waals surface area contributed by atoms with Gasteiger partial charge in [0, 0.05) is 23.9 Å². The van der Waals surface area contributed by atoms with E-state index in [2.05, 4.69) is 46.2 Å². The summed E-state index contributed by atoms with van der Waals surface area (Å²) >= 11 is 0. The second-order valence-corrected chi connectivity index (χ2v) is 7.47. The molecule has 0 saturated carbocycles. The van der Waals surface area contributed by atoms with Gasteiger partial charge in [-0.15, -0.1) is 0 Å². The molecule has 2 unspecified atom stereocenters. The number of nitriles is 1. The normalized spacial score (nSPS) is 18.4. The van der Waals surface area contributed by atoms with Gasteiger partial charge in [-0.05, 0) is 66.9 Å². The van der Waals surface area contributed by atoms with Gasteiger partial charge in [-0.25, -0.2) is 5.43 Å². The van der Waals surface area contributed by atoms with Crippen molar-refractivity contribution in [3.63, 3.8) is 0 Å². The van der Waals surface area contributed by atoms with Gasteiger partial charge in [0.2, 0.25) is 0 Å². The Labute approximate surface area is 171 Å². The van der Waals surface area contributed by atoms with Crippen molar-refractivity contribution >= 4 is 0 Å². The average molecular weight is 384 g/mol. The Balaban J connectivity index is 1.52. The zero-order valence-electron chi connectivity index (χ0n) is 16.6. The molecule has 1 fully saturated rings. The molecule has 5 heteroatoms. The quantitative estimate of drug-likeness (QED) is 0.694. The summed E-state index contributed by atoms with van der Waals surface area (Å²) in [6.07, 6.45) is 0. The number of aryl methyl sites for hydroxylation is 2. The third kappa shape index (κ3) is 4.45. The molecule has 0 spiro atoms. The van der Waals surface area contributed by atoms with Gasteiger partial charge in [0.05, 0.1) is 17.7 Å². The Morgan fingerprint density at radius 2 is 1.83 bits per heavy atom. The summed E-state index contributed by atoms with van der Waals surface area (Å²) in [4.78, 5) is 4.50. The van der Waals surface area contributed by atoms with Gasteiger partial charge in [0.1, 0.15) is 12.4 Å². The SMILES string of the molecule is Cc1cc(C2CNNC2c2cccc(OCc3cccc(C#N)c3)c2)cc(C)n1. The minimum absolute atomic E-state index is 0.154. The third-order valence-corrected chi connectivity index (χ3v) is 5.19. The summed E-state index contributed by atoms with van der Waals surface area (Å²) in [6, 6.07) is 22.4. The molecule has 5 nitrogen and oxygen atoms in total. The number of rotatable bonds is 5. The molecule has 3 aromatic rings. The summed E-state index contributed by atoms with van der Waals surface area (Å²) in [5, 5.41) is 9.05. The lowest BCUT2D eigenvalue weighted by Gasteiger charge is -2.20. The number of aromatic nitrogens is 1. The van der Waals surface area contributed by atoms with E-state index in [1.165, 1.54) is 11.1 Å². The zero-order valence-corrected chi connectivity index (χ0v) is 16.6. The number of nitrogens with zero attached hydrogens (tertiary/aromatic N) is 2. The molecule has 1 aliphatic heterocycles. The molecule has 0 amide bonds. The van der Waals surface area contributed by atoms with E-state index < -0.39 is 0 Å². The van der Waals surface area contributed by atoms with Crippen LogP contribution in [-0.2, 0) is 6.61 Å². The topological polar surface area (TPSA) is 70.0 Å². The Morgan fingerprint density at radius 1 is 1.03 bits per heavy atom. The fourth-order valence-corrected chi connectivity index (χ4v) is 3.90. The Kier molecular flexibility index (Phi) is 5.57. The zero-order chi connectivity index (χ0) is 20.2. The maximum absolute atomic E-state index is 9.05. The van der Waals surface area contributed by atoms with Crippen molar-refractivity contribution in [3.05, 3.63) is 94.3 Å². The minimum Gasteiger partial charge on any atom is -0.489 e. The third-order valence-electron chi connectivity index (χ3n) is 5.19. The molecular weight excluding hydrogens is 360 g/mol. The van der Waals surface area contributed by atoms with Gasteiger partial charge in [-0.3, -0.25) is 10.4 Å². The predicted octanol–water partition coefficient (Wildman–Crippen LogP) is 4.08. The van der Waals surface area contributed by atoms with Gasteiger partial charge in [0.15, 0.2) is 0 Å². The molecule has 2 aromatic carbocycles. The van der Waals surface area contributed by atoms with Crippen molar-refractivity contribution in [2.75, 3.05) is 6.54 Å². The summed E-state index contributed by atoms with van der Waals surface area (Å²) in [5.74, 6) is 1.14. The summed E-state index contributed by atoms with van der Waals surface area (Å²) in [7, 11) is 0. The van der Waals surface area contributed by atoms with E-state index in [4.69, 9.17) is 10.00 Å². The van der Waals surface area contributed by atoms with Crippen LogP contribution in [0.15, 0.2) is 60.7 Å². The number of pyridine rings is 1. The molecular formula is C24H24N4O. The average Bonchev–Trinajstić information content (AvgIpc) is 3.22. The van der Waals surface area contributed by atoms with Crippen LogP contribution in [0.25, 0.3) is 0 Å². The van der Waals surface area contributed by atoms with E-state index in [0.29, 0.717) is 18.1 Å². The molecule has 0 bridgehead atoms. The lowest BCUT2D eigenvalue weighted by molar-refractivity contribution is 0.305. The predicted molar refractivity (Wildman–Crippen MR) is 112 cm³/mol. The second-order valence-electron chi connectivity index (χ2n) is 7.47. The lowest BCUT2D eigenvalue weighted by Crippen LogP contribution is -2.24. The van der Waals surface area contributed by atoms with Crippen LogP contribution in [0.1, 0.15) is 45.6 Å². The van der Waals surface area contributed by atoms with E-state index in [1.54, 1.807) is 6.07 Å². The summed E-state index contributed by atoms with van der Waals surface area (Å²) in [6.45, 7) is 5.37. The van der Waals surface area contributed by atoms with Crippen molar-refractivity contribution < 1.29 is 4.74 Å². The van der Waals surface area contributed by atoms with Crippen LogP contribution in [0, 0.1) is 25.2 Å². The van der Waals surface area contributed by atoms with Crippen LogP contribution >= 0.6 is 0 Å². The van der Waals surface area contributed by atoms with Crippen LogP contribution in [0.2, 0.25) is 0 Å². The maximum Gasteiger partial charge on any atom is 0.120 e.